The first-order chi connectivity index (χ1) is 18.6. The number of nitrogens with zero attached hydrogens (tertiary/aromatic N) is 5. The zero-order valence-electron chi connectivity index (χ0n) is 21.4. The second kappa shape index (κ2) is 11.6. The Bertz CT molecular complexity index is 1340. The molecule has 196 valence electrons. The highest BCUT2D eigenvalue weighted by molar-refractivity contribution is 5.77. The fraction of sp³-hybridized carbons (Fsp3) is 0.379. The molecule has 3 aromatic rings. The maximum atomic E-state index is 11.7. The Labute approximate surface area is 222 Å². The van der Waals surface area contributed by atoms with Crippen LogP contribution >= 0.6 is 0 Å². The second-order valence-corrected chi connectivity index (χ2v) is 9.65. The lowest BCUT2D eigenvalue weighted by Gasteiger charge is -2.19. The first-order valence-electron chi connectivity index (χ1n) is 12.8. The number of aromatic nitrogens is 2. The molecule has 0 bridgehead atoms. The van der Waals surface area contributed by atoms with Crippen molar-refractivity contribution in [3.8, 4) is 23.1 Å². The van der Waals surface area contributed by atoms with Crippen molar-refractivity contribution < 1.29 is 19.4 Å². The normalized spacial score (nSPS) is 19.0. The fourth-order valence-corrected chi connectivity index (χ4v) is 5.06. The lowest BCUT2D eigenvalue weighted by atomic mass is 10.1. The lowest BCUT2D eigenvalue weighted by molar-refractivity contribution is -0.133. The highest BCUT2D eigenvalue weighted by Gasteiger charge is 2.28. The molecule has 2 aromatic carbocycles. The van der Waals surface area contributed by atoms with Crippen LogP contribution in [0.2, 0.25) is 0 Å². The van der Waals surface area contributed by atoms with Crippen molar-refractivity contribution in [1.82, 2.24) is 14.9 Å². The van der Waals surface area contributed by atoms with E-state index in [1.165, 1.54) is 5.69 Å². The molecule has 1 N–H and O–H groups in total. The van der Waals surface area contributed by atoms with Gasteiger partial charge in [-0.1, -0.05) is 12.1 Å². The van der Waals surface area contributed by atoms with E-state index in [2.05, 4.69) is 40.2 Å². The minimum atomic E-state index is -0.509. The number of benzene rings is 2. The Morgan fingerprint density at radius 3 is 2.79 bits per heavy atom. The topological polar surface area (TPSA) is 112 Å². The van der Waals surface area contributed by atoms with Crippen molar-refractivity contribution in [3.05, 3.63) is 71.7 Å². The molecule has 1 amide bonds. The minimum absolute atomic E-state index is 0.217. The van der Waals surface area contributed by atoms with E-state index in [0.717, 1.165) is 36.3 Å². The summed E-state index contributed by atoms with van der Waals surface area (Å²) >= 11 is 0. The molecule has 1 aromatic heterocycles. The van der Waals surface area contributed by atoms with Gasteiger partial charge in [0.1, 0.15) is 30.4 Å². The Morgan fingerprint density at radius 2 is 2.00 bits per heavy atom. The monoisotopic (exact) mass is 513 g/mol. The van der Waals surface area contributed by atoms with E-state index in [0.29, 0.717) is 43.1 Å². The molecule has 2 saturated heterocycles. The summed E-state index contributed by atoms with van der Waals surface area (Å²) in [5.41, 5.74) is 4.25. The number of methoxy groups -OCH3 is 1. The van der Waals surface area contributed by atoms with Gasteiger partial charge in [0.2, 0.25) is 5.91 Å². The third kappa shape index (κ3) is 5.77. The number of carbonyl (C=O) groups excluding carboxylic acids is 1. The number of nitriles is 1. The molecule has 9 nitrogen and oxygen atoms in total. The summed E-state index contributed by atoms with van der Waals surface area (Å²) in [5, 5.41) is 18.8. The summed E-state index contributed by atoms with van der Waals surface area (Å²) in [7, 11) is 1.77. The number of likely N-dealkylation sites (tertiary alicyclic amines) is 1. The van der Waals surface area contributed by atoms with Gasteiger partial charge in [-0.2, -0.15) is 5.26 Å². The summed E-state index contributed by atoms with van der Waals surface area (Å²) < 4.78 is 11.5. The SMILES string of the molecule is COC1CCN(c2cccc(Cc3nccc(-c4ccc(O[C@@H]5CCN(C(=O)CO)C5)c(C#N)c4)n3)c2)C1. The van der Waals surface area contributed by atoms with Gasteiger partial charge in [-0.3, -0.25) is 4.79 Å². The van der Waals surface area contributed by atoms with Crippen LogP contribution in [0.4, 0.5) is 5.69 Å². The maximum Gasteiger partial charge on any atom is 0.248 e. The molecule has 9 heteroatoms. The van der Waals surface area contributed by atoms with Gasteiger partial charge in [-0.25, -0.2) is 9.97 Å². The predicted octanol–water partition coefficient (Wildman–Crippen LogP) is 2.80. The number of rotatable bonds is 8. The van der Waals surface area contributed by atoms with Crippen LogP contribution in [-0.2, 0) is 16.0 Å². The van der Waals surface area contributed by atoms with Crippen LogP contribution < -0.4 is 9.64 Å². The lowest BCUT2D eigenvalue weighted by Crippen LogP contribution is -2.32. The summed E-state index contributed by atoms with van der Waals surface area (Å²) in [6.45, 7) is 2.29. The van der Waals surface area contributed by atoms with E-state index in [9.17, 15) is 10.1 Å². The molecule has 2 fully saturated rings. The van der Waals surface area contributed by atoms with Gasteiger partial charge in [-0.05, 0) is 48.4 Å². The maximum absolute atomic E-state index is 11.7. The molecule has 1 unspecified atom stereocenters. The van der Waals surface area contributed by atoms with Gasteiger partial charge in [-0.15, -0.1) is 0 Å². The fourth-order valence-electron chi connectivity index (χ4n) is 5.06. The summed E-state index contributed by atoms with van der Waals surface area (Å²) in [6, 6.07) is 17.9. The minimum Gasteiger partial charge on any atom is -0.487 e. The van der Waals surface area contributed by atoms with Crippen molar-refractivity contribution in [1.29, 1.82) is 5.26 Å². The van der Waals surface area contributed by atoms with E-state index in [1.807, 2.05) is 12.1 Å². The zero-order chi connectivity index (χ0) is 26.5. The summed E-state index contributed by atoms with van der Waals surface area (Å²) in [6.07, 6.45) is 4.08. The van der Waals surface area contributed by atoms with Crippen LogP contribution in [0.5, 0.6) is 5.75 Å². The molecular formula is C29H31N5O4. The van der Waals surface area contributed by atoms with Gasteiger partial charge in [0.25, 0.3) is 0 Å². The number of anilines is 1. The molecule has 2 atom stereocenters. The van der Waals surface area contributed by atoms with Gasteiger partial charge in [0, 0.05) is 57.0 Å². The van der Waals surface area contributed by atoms with Gasteiger partial charge >= 0.3 is 0 Å². The largest absolute Gasteiger partial charge is 0.487 e. The molecule has 0 aliphatic carbocycles. The van der Waals surface area contributed by atoms with Gasteiger partial charge in [0.05, 0.1) is 23.9 Å². The van der Waals surface area contributed by atoms with E-state index in [-0.39, 0.29) is 18.1 Å². The average molecular weight is 514 g/mol. The summed E-state index contributed by atoms with van der Waals surface area (Å²) in [4.78, 5) is 24.9. The standard InChI is InChI=1S/C29H31N5O4/c1-37-24-8-11-33(17-24)23-4-2-3-20(13-23)14-28-31-10-7-26(32-28)21-5-6-27(22(15-21)16-30)38-25-9-12-34(18-25)29(36)19-35/h2-7,10,13,15,24-25,35H,8-9,11-12,14,17-19H2,1H3/t24?,25-/m1/s1. The van der Waals surface area contributed by atoms with Crippen LogP contribution in [0.15, 0.2) is 54.7 Å². The van der Waals surface area contributed by atoms with Crippen LogP contribution in [0.25, 0.3) is 11.3 Å². The van der Waals surface area contributed by atoms with E-state index < -0.39 is 6.61 Å². The van der Waals surface area contributed by atoms with E-state index in [4.69, 9.17) is 19.6 Å². The Balaban J connectivity index is 1.28. The Kier molecular flexibility index (Phi) is 7.82. The molecule has 2 aliphatic rings. The van der Waals surface area contributed by atoms with Crippen LogP contribution in [0.3, 0.4) is 0 Å². The molecule has 0 radical (unpaired) electrons. The van der Waals surface area contributed by atoms with Crippen molar-refractivity contribution in [2.45, 2.75) is 31.5 Å². The van der Waals surface area contributed by atoms with E-state index in [1.54, 1.807) is 30.3 Å². The molecule has 5 rings (SSSR count). The van der Waals surface area contributed by atoms with Gasteiger partial charge in [0.15, 0.2) is 0 Å². The third-order valence-electron chi connectivity index (χ3n) is 7.14. The molecule has 0 saturated carbocycles. The molecule has 3 heterocycles. The molecule has 2 aliphatic heterocycles. The molecule has 38 heavy (non-hydrogen) atoms. The Morgan fingerprint density at radius 1 is 1.13 bits per heavy atom. The number of hydrogen-bond donors (Lipinski definition) is 1. The van der Waals surface area contributed by atoms with Crippen molar-refractivity contribution in [3.63, 3.8) is 0 Å². The number of hydrogen-bond acceptors (Lipinski definition) is 8. The zero-order valence-corrected chi connectivity index (χ0v) is 21.4. The first-order valence-corrected chi connectivity index (χ1v) is 12.8. The number of aliphatic hydroxyl groups is 1. The van der Waals surface area contributed by atoms with Crippen molar-refractivity contribution >= 4 is 11.6 Å². The Hall–Kier alpha value is -4.00. The second-order valence-electron chi connectivity index (χ2n) is 9.65. The van der Waals surface area contributed by atoms with Crippen molar-refractivity contribution in [2.75, 3.05) is 44.8 Å². The molecule has 0 spiro atoms. The van der Waals surface area contributed by atoms with Crippen LogP contribution in [0, 0.1) is 11.3 Å². The highest BCUT2D eigenvalue weighted by Crippen LogP contribution is 2.28. The average Bonchev–Trinajstić information content (AvgIpc) is 3.63. The number of carbonyl (C=O) groups is 1. The van der Waals surface area contributed by atoms with E-state index >= 15 is 0 Å². The number of ether oxygens (including phenoxy) is 2. The smallest absolute Gasteiger partial charge is 0.248 e. The van der Waals surface area contributed by atoms with Crippen molar-refractivity contribution in [2.24, 2.45) is 0 Å². The molecular weight excluding hydrogens is 482 g/mol. The predicted molar refractivity (Wildman–Crippen MR) is 142 cm³/mol. The van der Waals surface area contributed by atoms with Crippen LogP contribution in [0.1, 0.15) is 29.8 Å². The van der Waals surface area contributed by atoms with Crippen LogP contribution in [-0.4, -0.2) is 78.0 Å². The highest BCUT2D eigenvalue weighted by atomic mass is 16.5. The number of aliphatic hydroxyl groups excluding tert-OH is 1. The summed E-state index contributed by atoms with van der Waals surface area (Å²) in [5.74, 6) is 0.867. The van der Waals surface area contributed by atoms with Gasteiger partial charge < -0.3 is 24.4 Å². The third-order valence-corrected chi connectivity index (χ3v) is 7.14. The quantitative estimate of drug-likeness (QED) is 0.490. The first kappa shape index (κ1) is 25.6. The number of amides is 1.